The predicted molar refractivity (Wildman–Crippen MR) is 106 cm³/mol. The first-order chi connectivity index (χ1) is 13.8. The van der Waals surface area contributed by atoms with Crippen molar-refractivity contribution in [2.24, 2.45) is 11.5 Å². The van der Waals surface area contributed by atoms with E-state index >= 15 is 0 Å². The van der Waals surface area contributed by atoms with Crippen LogP contribution in [0.1, 0.15) is 16.1 Å². The van der Waals surface area contributed by atoms with Crippen molar-refractivity contribution in [3.63, 3.8) is 0 Å². The van der Waals surface area contributed by atoms with Gasteiger partial charge in [-0.1, -0.05) is 0 Å². The van der Waals surface area contributed by atoms with Gasteiger partial charge in [0.1, 0.15) is 6.04 Å². The lowest BCUT2D eigenvalue weighted by Gasteiger charge is -2.10. The Labute approximate surface area is 163 Å². The number of aromatic nitrogens is 4. The highest BCUT2D eigenvalue weighted by molar-refractivity contribution is 5.95. The van der Waals surface area contributed by atoms with E-state index in [9.17, 15) is 14.4 Å². The van der Waals surface area contributed by atoms with E-state index in [0.717, 1.165) is 5.69 Å². The predicted octanol–water partition coefficient (Wildman–Crippen LogP) is -1.55. The Kier molecular flexibility index (Phi) is 5.64. The Bertz CT molecular complexity index is 1110. The Morgan fingerprint density at radius 2 is 1.90 bits per heavy atom. The molecule has 0 saturated carbocycles. The second-order valence-electron chi connectivity index (χ2n) is 6.13. The molecule has 150 valence electrons. The summed E-state index contributed by atoms with van der Waals surface area (Å²) in [7, 11) is 0. The summed E-state index contributed by atoms with van der Waals surface area (Å²) in [6.45, 7) is 0.250. The van der Waals surface area contributed by atoms with Crippen LogP contribution in [0.25, 0.3) is 11.2 Å². The molecule has 0 aliphatic heterocycles. The summed E-state index contributed by atoms with van der Waals surface area (Å²) in [4.78, 5) is 49.4. The average molecular weight is 397 g/mol. The molecule has 0 spiro atoms. The molecule has 0 saturated heterocycles. The van der Waals surface area contributed by atoms with Crippen molar-refractivity contribution in [1.29, 1.82) is 0 Å². The average Bonchev–Trinajstić information content (AvgIpc) is 2.70. The van der Waals surface area contributed by atoms with Crippen LogP contribution in [0.15, 0.2) is 35.3 Å². The summed E-state index contributed by atoms with van der Waals surface area (Å²) in [5.74, 6) is -1.09. The SMILES string of the molecule is NC(=O)[C@@H](N)CNC(=O)c1ccc(NCc2cnc3nc(N)[nH]c(=O)c3n2)cc1. The first-order valence-corrected chi connectivity index (χ1v) is 8.52. The zero-order chi connectivity index (χ0) is 21.0. The monoisotopic (exact) mass is 397 g/mol. The number of carbonyl (C=O) groups excluding carboxylic acids is 2. The number of rotatable bonds is 7. The van der Waals surface area contributed by atoms with Crippen LogP contribution < -0.4 is 33.4 Å². The molecule has 2 amide bonds. The number of primary amides is 1. The van der Waals surface area contributed by atoms with Crippen molar-refractivity contribution >= 4 is 34.6 Å². The van der Waals surface area contributed by atoms with Gasteiger partial charge in [-0.2, -0.15) is 4.98 Å². The van der Waals surface area contributed by atoms with Gasteiger partial charge in [-0.3, -0.25) is 19.4 Å². The number of nitrogens with one attached hydrogen (secondary N) is 3. The number of hydrogen-bond donors (Lipinski definition) is 6. The first kappa shape index (κ1) is 19.7. The van der Waals surface area contributed by atoms with Gasteiger partial charge in [0.25, 0.3) is 11.5 Å². The van der Waals surface area contributed by atoms with Crippen LogP contribution in [0.4, 0.5) is 11.6 Å². The van der Waals surface area contributed by atoms with Gasteiger partial charge in [-0.05, 0) is 24.3 Å². The summed E-state index contributed by atoms with van der Waals surface area (Å²) in [6.07, 6.45) is 1.49. The van der Waals surface area contributed by atoms with E-state index in [1.807, 2.05) is 0 Å². The molecule has 12 heteroatoms. The Morgan fingerprint density at radius 1 is 1.17 bits per heavy atom. The summed E-state index contributed by atoms with van der Waals surface area (Å²) in [5, 5.41) is 5.65. The van der Waals surface area contributed by atoms with Gasteiger partial charge >= 0.3 is 0 Å². The number of aromatic amines is 1. The summed E-state index contributed by atoms with van der Waals surface area (Å²) >= 11 is 0. The second kappa shape index (κ2) is 8.31. The first-order valence-electron chi connectivity index (χ1n) is 8.52. The van der Waals surface area contributed by atoms with E-state index in [1.165, 1.54) is 6.20 Å². The lowest BCUT2D eigenvalue weighted by Crippen LogP contribution is -2.45. The Hall–Kier alpha value is -4.06. The van der Waals surface area contributed by atoms with Gasteiger partial charge in [-0.15, -0.1) is 0 Å². The highest BCUT2D eigenvalue weighted by atomic mass is 16.2. The van der Waals surface area contributed by atoms with Crippen molar-refractivity contribution in [1.82, 2.24) is 25.3 Å². The number of amides is 2. The molecule has 12 nitrogen and oxygen atoms in total. The second-order valence-corrected chi connectivity index (χ2v) is 6.13. The molecule has 0 radical (unpaired) electrons. The fourth-order valence-electron chi connectivity index (χ4n) is 2.39. The molecule has 2 aromatic heterocycles. The molecule has 0 fully saturated rings. The van der Waals surface area contributed by atoms with E-state index in [1.54, 1.807) is 24.3 Å². The molecule has 29 heavy (non-hydrogen) atoms. The van der Waals surface area contributed by atoms with Gasteiger partial charge in [0.15, 0.2) is 11.2 Å². The molecule has 1 aromatic carbocycles. The van der Waals surface area contributed by atoms with Gasteiger partial charge in [0.05, 0.1) is 18.4 Å². The number of nitrogens with two attached hydrogens (primary N) is 3. The van der Waals surface area contributed by atoms with E-state index in [-0.39, 0.29) is 29.6 Å². The Morgan fingerprint density at radius 3 is 2.59 bits per heavy atom. The molecule has 9 N–H and O–H groups in total. The van der Waals surface area contributed by atoms with Crippen molar-refractivity contribution < 1.29 is 9.59 Å². The number of hydrogen-bond acceptors (Lipinski definition) is 9. The number of H-pyrrole nitrogens is 1. The van der Waals surface area contributed by atoms with Crippen LogP contribution in [0, 0.1) is 0 Å². The van der Waals surface area contributed by atoms with Crippen LogP contribution in [-0.4, -0.2) is 44.3 Å². The maximum atomic E-state index is 12.0. The third kappa shape index (κ3) is 4.81. The van der Waals surface area contributed by atoms with Crippen molar-refractivity contribution in [3.8, 4) is 0 Å². The number of carbonyl (C=O) groups is 2. The molecule has 0 bridgehead atoms. The standard InChI is InChI=1S/C17H19N9O3/c18-11(13(19)27)7-23-15(28)8-1-3-9(4-2-8)21-5-10-6-22-14-12(24-10)16(29)26-17(20)25-14/h1-4,6,11,21H,5,7,18H2,(H2,19,27)(H,23,28)(H3,20,22,25,26,29)/t11-/m0/s1. The van der Waals surface area contributed by atoms with Crippen LogP contribution >= 0.6 is 0 Å². The smallest absolute Gasteiger partial charge is 0.280 e. The summed E-state index contributed by atoms with van der Waals surface area (Å²) in [6, 6.07) is 5.68. The van der Waals surface area contributed by atoms with Crippen LogP contribution in [-0.2, 0) is 11.3 Å². The number of fused-ring (bicyclic) bond motifs is 1. The van der Waals surface area contributed by atoms with Gasteiger partial charge in [0, 0.05) is 17.8 Å². The van der Waals surface area contributed by atoms with Crippen molar-refractivity contribution in [2.75, 3.05) is 17.6 Å². The highest BCUT2D eigenvalue weighted by Gasteiger charge is 2.12. The summed E-state index contributed by atoms with van der Waals surface area (Å²) in [5.41, 5.74) is 17.4. The van der Waals surface area contributed by atoms with E-state index < -0.39 is 17.5 Å². The molecule has 0 aliphatic rings. The van der Waals surface area contributed by atoms with Gasteiger partial charge in [0.2, 0.25) is 11.9 Å². The number of nitrogen functional groups attached to an aromatic ring is 1. The fourth-order valence-corrected chi connectivity index (χ4v) is 2.39. The number of anilines is 2. The third-order valence-electron chi connectivity index (χ3n) is 3.95. The minimum atomic E-state index is -0.943. The highest BCUT2D eigenvalue weighted by Crippen LogP contribution is 2.11. The molecule has 2 heterocycles. The lowest BCUT2D eigenvalue weighted by atomic mass is 10.2. The molecule has 3 rings (SSSR count). The Balaban J connectivity index is 1.61. The van der Waals surface area contributed by atoms with E-state index in [4.69, 9.17) is 17.2 Å². The molecule has 1 atom stereocenters. The van der Waals surface area contributed by atoms with Crippen molar-refractivity contribution in [2.45, 2.75) is 12.6 Å². The van der Waals surface area contributed by atoms with Crippen LogP contribution in [0.5, 0.6) is 0 Å². The van der Waals surface area contributed by atoms with Crippen LogP contribution in [0.3, 0.4) is 0 Å². The zero-order valence-electron chi connectivity index (χ0n) is 15.2. The van der Waals surface area contributed by atoms with E-state index in [0.29, 0.717) is 17.8 Å². The fraction of sp³-hybridized carbons (Fsp3) is 0.176. The van der Waals surface area contributed by atoms with Gasteiger partial charge < -0.3 is 27.8 Å². The minimum Gasteiger partial charge on any atom is -0.379 e. The number of benzene rings is 1. The topological polar surface area (TPSA) is 208 Å². The minimum absolute atomic E-state index is 0.0246. The maximum absolute atomic E-state index is 12.0. The summed E-state index contributed by atoms with van der Waals surface area (Å²) < 4.78 is 0. The molecular formula is C17H19N9O3. The maximum Gasteiger partial charge on any atom is 0.280 e. The zero-order valence-corrected chi connectivity index (χ0v) is 15.2. The normalized spacial score (nSPS) is 11.8. The lowest BCUT2D eigenvalue weighted by molar-refractivity contribution is -0.119. The quantitative estimate of drug-likeness (QED) is 0.272. The number of nitrogens with zero attached hydrogens (tertiary/aromatic N) is 3. The molecule has 3 aromatic rings. The van der Waals surface area contributed by atoms with Gasteiger partial charge in [-0.25, -0.2) is 9.97 Å². The third-order valence-corrected chi connectivity index (χ3v) is 3.95. The largest absolute Gasteiger partial charge is 0.379 e. The van der Waals surface area contributed by atoms with Crippen LogP contribution in [0.2, 0.25) is 0 Å². The van der Waals surface area contributed by atoms with Crippen molar-refractivity contribution in [3.05, 3.63) is 52.1 Å². The van der Waals surface area contributed by atoms with E-state index in [2.05, 4.69) is 30.6 Å². The molecule has 0 unspecified atom stereocenters. The molecule has 0 aliphatic carbocycles. The molecular weight excluding hydrogens is 378 g/mol.